The maximum absolute atomic E-state index is 12.1. The number of aromatic hydroxyl groups is 1. The topological polar surface area (TPSA) is 63.6 Å². The molecule has 0 aliphatic carbocycles. The van der Waals surface area contributed by atoms with Crippen molar-refractivity contribution >= 4 is 12.3 Å². The van der Waals surface area contributed by atoms with Crippen molar-refractivity contribution in [3.05, 3.63) is 89.5 Å². The molecule has 4 nitrogen and oxygen atoms in total. The summed E-state index contributed by atoms with van der Waals surface area (Å²) in [5, 5.41) is 9.56. The van der Waals surface area contributed by atoms with Gasteiger partial charge in [0.15, 0.2) is 6.29 Å². The van der Waals surface area contributed by atoms with Gasteiger partial charge in [0.2, 0.25) is 0 Å². The summed E-state index contributed by atoms with van der Waals surface area (Å²) in [6, 6.07) is 21.2. The zero-order valence-electron chi connectivity index (χ0n) is 13.4. The third kappa shape index (κ3) is 3.93. The van der Waals surface area contributed by atoms with Crippen molar-refractivity contribution in [3.63, 3.8) is 0 Å². The van der Waals surface area contributed by atoms with Crippen LogP contribution in [0.3, 0.4) is 0 Å². The van der Waals surface area contributed by atoms with E-state index in [1.54, 1.807) is 36.4 Å². The summed E-state index contributed by atoms with van der Waals surface area (Å²) in [4.78, 5) is 23.0. The molecule has 0 spiro atoms. The minimum atomic E-state index is -0.394. The van der Waals surface area contributed by atoms with Crippen LogP contribution < -0.4 is 0 Å². The smallest absolute Gasteiger partial charge is 0.338 e. The average Bonchev–Trinajstić information content (AvgIpc) is 2.67. The number of carbonyl (C=O) groups excluding carboxylic acids is 2. The molecule has 0 aromatic heterocycles. The fourth-order valence-electron chi connectivity index (χ4n) is 2.43. The van der Waals surface area contributed by atoms with Crippen molar-refractivity contribution < 1.29 is 19.4 Å². The number of hydrogen-bond donors (Lipinski definition) is 1. The van der Waals surface area contributed by atoms with Crippen LogP contribution in [-0.4, -0.2) is 17.4 Å². The summed E-state index contributed by atoms with van der Waals surface area (Å²) >= 11 is 0. The van der Waals surface area contributed by atoms with Crippen molar-refractivity contribution in [2.45, 2.75) is 6.61 Å². The van der Waals surface area contributed by atoms with Crippen molar-refractivity contribution in [2.75, 3.05) is 0 Å². The first-order valence-electron chi connectivity index (χ1n) is 7.77. The second-order valence-electron chi connectivity index (χ2n) is 5.53. The molecule has 25 heavy (non-hydrogen) atoms. The lowest BCUT2D eigenvalue weighted by Crippen LogP contribution is -2.05. The van der Waals surface area contributed by atoms with Crippen molar-refractivity contribution in [1.29, 1.82) is 0 Å². The third-order valence-corrected chi connectivity index (χ3v) is 3.82. The minimum absolute atomic E-state index is 0.0557. The van der Waals surface area contributed by atoms with Gasteiger partial charge in [0, 0.05) is 0 Å². The number of esters is 1. The Bertz CT molecular complexity index is 884. The molecular weight excluding hydrogens is 316 g/mol. The van der Waals surface area contributed by atoms with E-state index >= 15 is 0 Å². The molecule has 0 bridgehead atoms. The molecule has 0 saturated carbocycles. The second-order valence-corrected chi connectivity index (χ2v) is 5.53. The van der Waals surface area contributed by atoms with Crippen LogP contribution in [0, 0.1) is 0 Å². The Morgan fingerprint density at radius 1 is 0.920 bits per heavy atom. The summed E-state index contributed by atoms with van der Waals surface area (Å²) in [5.41, 5.74) is 3.22. The Hall–Kier alpha value is -3.40. The van der Waals surface area contributed by atoms with E-state index in [1.807, 2.05) is 30.3 Å². The number of aldehydes is 1. The van der Waals surface area contributed by atoms with Crippen molar-refractivity contribution in [3.8, 4) is 16.9 Å². The van der Waals surface area contributed by atoms with Gasteiger partial charge in [-0.15, -0.1) is 0 Å². The maximum atomic E-state index is 12.1. The SMILES string of the molecule is O=Cc1cc(-c2ccc(C(=O)OCc3ccccc3)cc2)ccc1O. The number of benzene rings is 3. The molecular formula is C21H16O4. The lowest BCUT2D eigenvalue weighted by atomic mass is 10.0. The molecule has 0 amide bonds. The molecule has 0 saturated heterocycles. The Kier molecular flexibility index (Phi) is 4.90. The van der Waals surface area contributed by atoms with E-state index in [4.69, 9.17) is 4.74 Å². The number of hydrogen-bond acceptors (Lipinski definition) is 4. The molecule has 3 aromatic rings. The van der Waals surface area contributed by atoms with E-state index in [-0.39, 0.29) is 17.9 Å². The monoisotopic (exact) mass is 332 g/mol. The van der Waals surface area contributed by atoms with E-state index in [0.29, 0.717) is 11.8 Å². The quantitative estimate of drug-likeness (QED) is 0.561. The van der Waals surface area contributed by atoms with Gasteiger partial charge < -0.3 is 9.84 Å². The molecule has 0 aliphatic rings. The van der Waals surface area contributed by atoms with Crippen LogP contribution >= 0.6 is 0 Å². The van der Waals surface area contributed by atoms with Gasteiger partial charge in [-0.2, -0.15) is 0 Å². The molecule has 0 aliphatic heterocycles. The molecule has 1 N–H and O–H groups in total. The van der Waals surface area contributed by atoms with Gasteiger partial charge in [-0.25, -0.2) is 4.79 Å². The van der Waals surface area contributed by atoms with E-state index in [2.05, 4.69) is 0 Å². The van der Waals surface area contributed by atoms with Crippen LogP contribution in [0.1, 0.15) is 26.3 Å². The first-order valence-corrected chi connectivity index (χ1v) is 7.77. The van der Waals surface area contributed by atoms with Crippen molar-refractivity contribution in [2.24, 2.45) is 0 Å². The fraction of sp³-hybridized carbons (Fsp3) is 0.0476. The number of phenols is 1. The first kappa shape index (κ1) is 16.5. The normalized spacial score (nSPS) is 10.2. The third-order valence-electron chi connectivity index (χ3n) is 3.82. The van der Waals surface area contributed by atoms with Gasteiger partial charge >= 0.3 is 5.97 Å². The largest absolute Gasteiger partial charge is 0.507 e. The second kappa shape index (κ2) is 7.45. The zero-order valence-corrected chi connectivity index (χ0v) is 13.4. The van der Waals surface area contributed by atoms with Crippen molar-refractivity contribution in [1.82, 2.24) is 0 Å². The lowest BCUT2D eigenvalue weighted by molar-refractivity contribution is 0.0472. The number of carbonyl (C=O) groups is 2. The van der Waals surface area contributed by atoms with Crippen LogP contribution in [0.5, 0.6) is 5.75 Å². The Balaban J connectivity index is 1.71. The minimum Gasteiger partial charge on any atom is -0.507 e. The highest BCUT2D eigenvalue weighted by molar-refractivity contribution is 5.90. The van der Waals surface area contributed by atoms with Gasteiger partial charge in [-0.3, -0.25) is 4.79 Å². The van der Waals surface area contributed by atoms with Crippen LogP contribution in [-0.2, 0) is 11.3 Å². The van der Waals surface area contributed by atoms with Gasteiger partial charge in [0.1, 0.15) is 12.4 Å². The van der Waals surface area contributed by atoms with E-state index in [0.717, 1.165) is 16.7 Å². The predicted octanol–water partition coefficient (Wildman–Crippen LogP) is 4.23. The Labute approximate surface area is 145 Å². The van der Waals surface area contributed by atoms with Gasteiger partial charge in [-0.05, 0) is 41.0 Å². The van der Waals surface area contributed by atoms with E-state index in [9.17, 15) is 14.7 Å². The molecule has 0 atom stereocenters. The molecule has 0 unspecified atom stereocenters. The van der Waals surface area contributed by atoms with Crippen LogP contribution in [0.4, 0.5) is 0 Å². The molecule has 124 valence electrons. The Morgan fingerprint density at radius 2 is 1.60 bits per heavy atom. The highest BCUT2D eigenvalue weighted by Crippen LogP contribution is 2.25. The van der Waals surface area contributed by atoms with E-state index in [1.165, 1.54) is 6.07 Å². The molecule has 3 rings (SSSR count). The van der Waals surface area contributed by atoms with Gasteiger partial charge in [0.25, 0.3) is 0 Å². The number of ether oxygens (including phenoxy) is 1. The van der Waals surface area contributed by atoms with Crippen LogP contribution in [0.2, 0.25) is 0 Å². The standard InChI is InChI=1S/C21H16O4/c22-13-19-12-18(10-11-20(19)23)16-6-8-17(9-7-16)21(24)25-14-15-4-2-1-3-5-15/h1-13,23H,14H2. The van der Waals surface area contributed by atoms with Crippen LogP contribution in [0.25, 0.3) is 11.1 Å². The highest BCUT2D eigenvalue weighted by Gasteiger charge is 2.09. The Morgan fingerprint density at radius 3 is 2.28 bits per heavy atom. The molecule has 0 fully saturated rings. The highest BCUT2D eigenvalue weighted by atomic mass is 16.5. The molecule has 3 aromatic carbocycles. The molecule has 4 heteroatoms. The summed E-state index contributed by atoms with van der Waals surface area (Å²) in [6.07, 6.45) is 0.605. The van der Waals surface area contributed by atoms with Gasteiger partial charge in [-0.1, -0.05) is 48.5 Å². The predicted molar refractivity (Wildman–Crippen MR) is 94.5 cm³/mol. The number of phenolic OH excluding ortho intramolecular Hbond substituents is 1. The summed E-state index contributed by atoms with van der Waals surface area (Å²) < 4.78 is 5.29. The summed E-state index contributed by atoms with van der Waals surface area (Å²) in [7, 11) is 0. The average molecular weight is 332 g/mol. The summed E-state index contributed by atoms with van der Waals surface area (Å²) in [6.45, 7) is 0.224. The molecule has 0 heterocycles. The number of rotatable bonds is 5. The zero-order chi connectivity index (χ0) is 17.6. The van der Waals surface area contributed by atoms with Crippen LogP contribution in [0.15, 0.2) is 72.8 Å². The van der Waals surface area contributed by atoms with Gasteiger partial charge in [0.05, 0.1) is 11.1 Å². The maximum Gasteiger partial charge on any atom is 0.338 e. The fourth-order valence-corrected chi connectivity index (χ4v) is 2.43. The lowest BCUT2D eigenvalue weighted by Gasteiger charge is -2.07. The first-order chi connectivity index (χ1) is 12.2. The summed E-state index contributed by atoms with van der Waals surface area (Å²) in [5.74, 6) is -0.449. The molecule has 0 radical (unpaired) electrons. The van der Waals surface area contributed by atoms with E-state index < -0.39 is 5.97 Å².